The van der Waals surface area contributed by atoms with Crippen molar-refractivity contribution in [2.75, 3.05) is 26.2 Å². The molecule has 7 heteroatoms. The zero-order valence-corrected chi connectivity index (χ0v) is 20.7. The predicted molar refractivity (Wildman–Crippen MR) is 138 cm³/mol. The molecule has 2 heterocycles. The first kappa shape index (κ1) is 24.6. The fourth-order valence-electron chi connectivity index (χ4n) is 4.51. The number of rotatable bonds is 6. The highest BCUT2D eigenvalue weighted by molar-refractivity contribution is 7.99. The molecule has 34 heavy (non-hydrogen) atoms. The number of aromatic hydroxyl groups is 2. The molecule has 1 saturated heterocycles. The van der Waals surface area contributed by atoms with E-state index in [1.54, 1.807) is 36.0 Å². The molecule has 5 rings (SSSR count). The summed E-state index contributed by atoms with van der Waals surface area (Å²) in [6, 6.07) is 20.6. The van der Waals surface area contributed by atoms with Crippen LogP contribution in [-0.4, -0.2) is 41.4 Å². The van der Waals surface area contributed by atoms with E-state index < -0.39 is 0 Å². The summed E-state index contributed by atoms with van der Waals surface area (Å²) < 4.78 is 12.4. The van der Waals surface area contributed by atoms with E-state index in [1.807, 2.05) is 30.3 Å². The minimum Gasteiger partial charge on any atom is -0.508 e. The van der Waals surface area contributed by atoms with Gasteiger partial charge in [-0.25, -0.2) is 0 Å². The van der Waals surface area contributed by atoms with Gasteiger partial charge in [-0.15, -0.1) is 24.2 Å². The maximum absolute atomic E-state index is 9.93. The first-order chi connectivity index (χ1) is 16.0. The highest BCUT2D eigenvalue weighted by Crippen LogP contribution is 2.54. The van der Waals surface area contributed by atoms with E-state index in [9.17, 15) is 10.2 Å². The van der Waals surface area contributed by atoms with Crippen molar-refractivity contribution in [3.8, 4) is 23.0 Å². The molecule has 0 amide bonds. The van der Waals surface area contributed by atoms with Gasteiger partial charge < -0.3 is 19.7 Å². The molecule has 3 aromatic rings. The normalized spacial score (nSPS) is 21.9. The van der Waals surface area contributed by atoms with E-state index in [-0.39, 0.29) is 35.3 Å². The Balaban J connectivity index is 0.00000274. The zero-order chi connectivity index (χ0) is 22.8. The quantitative estimate of drug-likeness (QED) is 0.420. The topological polar surface area (TPSA) is 62.2 Å². The van der Waals surface area contributed by atoms with Crippen LogP contribution < -0.4 is 9.47 Å². The smallest absolute Gasteiger partial charge is 0.140 e. The fourth-order valence-corrected chi connectivity index (χ4v) is 5.83. The van der Waals surface area contributed by atoms with Crippen LogP contribution in [0.25, 0.3) is 0 Å². The molecule has 0 bridgehead atoms. The molecule has 2 aliphatic heterocycles. The lowest BCUT2D eigenvalue weighted by Crippen LogP contribution is -2.25. The summed E-state index contributed by atoms with van der Waals surface area (Å²) in [5, 5.41) is 19.6. The molecule has 0 aliphatic carbocycles. The Morgan fingerprint density at radius 1 is 0.971 bits per heavy atom. The van der Waals surface area contributed by atoms with Crippen molar-refractivity contribution in [3.63, 3.8) is 0 Å². The van der Waals surface area contributed by atoms with Crippen molar-refractivity contribution in [2.45, 2.75) is 29.6 Å². The third kappa shape index (κ3) is 5.57. The first-order valence-corrected chi connectivity index (χ1v) is 12.3. The largest absolute Gasteiger partial charge is 0.508 e. The molecular formula is C27H30ClNO4S. The van der Waals surface area contributed by atoms with Gasteiger partial charge in [0.2, 0.25) is 0 Å². The van der Waals surface area contributed by atoms with Gasteiger partial charge in [0, 0.05) is 13.1 Å². The van der Waals surface area contributed by atoms with E-state index >= 15 is 0 Å². The summed E-state index contributed by atoms with van der Waals surface area (Å²) in [6.45, 7) is 6.28. The van der Waals surface area contributed by atoms with Crippen LogP contribution in [-0.2, 0) is 0 Å². The minimum absolute atomic E-state index is 0. The molecule has 0 aromatic heterocycles. The number of halogens is 1. The molecule has 1 fully saturated rings. The number of hydrogen-bond acceptors (Lipinski definition) is 6. The van der Waals surface area contributed by atoms with Gasteiger partial charge in [0.15, 0.2) is 0 Å². The van der Waals surface area contributed by atoms with Crippen molar-refractivity contribution in [3.05, 3.63) is 77.9 Å². The van der Waals surface area contributed by atoms with Crippen LogP contribution in [0.4, 0.5) is 0 Å². The Hall–Kier alpha value is -2.54. The lowest BCUT2D eigenvalue weighted by Gasteiger charge is -2.34. The van der Waals surface area contributed by atoms with Gasteiger partial charge in [0.05, 0.1) is 10.1 Å². The second-order valence-electron chi connectivity index (χ2n) is 8.91. The highest BCUT2D eigenvalue weighted by atomic mass is 35.5. The molecule has 5 nitrogen and oxygen atoms in total. The SMILES string of the molecule is C[C@@H]1CCN(CCOc2ccc([C@@H]3Oc4ccc(O)cc4S[C@@H]3c3ccc(O)cc3)cc2)C1.Cl. The molecule has 0 unspecified atom stereocenters. The highest BCUT2D eigenvalue weighted by Gasteiger charge is 2.33. The average molecular weight is 500 g/mol. The fraction of sp³-hybridized carbons (Fsp3) is 0.333. The Morgan fingerprint density at radius 3 is 2.38 bits per heavy atom. The van der Waals surface area contributed by atoms with E-state index in [1.165, 1.54) is 6.42 Å². The molecule has 180 valence electrons. The van der Waals surface area contributed by atoms with Gasteiger partial charge in [-0.1, -0.05) is 31.2 Å². The average Bonchev–Trinajstić information content (AvgIpc) is 3.24. The molecule has 2 N–H and O–H groups in total. The van der Waals surface area contributed by atoms with Crippen molar-refractivity contribution in [1.29, 1.82) is 0 Å². The Bertz CT molecular complexity index is 1090. The van der Waals surface area contributed by atoms with Crippen LogP contribution in [0.5, 0.6) is 23.0 Å². The van der Waals surface area contributed by atoms with E-state index in [2.05, 4.69) is 24.0 Å². The van der Waals surface area contributed by atoms with E-state index in [0.29, 0.717) is 6.61 Å². The first-order valence-electron chi connectivity index (χ1n) is 11.5. The van der Waals surface area contributed by atoms with Gasteiger partial charge in [-0.2, -0.15) is 0 Å². The number of benzene rings is 3. The monoisotopic (exact) mass is 499 g/mol. The number of likely N-dealkylation sites (tertiary alicyclic amines) is 1. The van der Waals surface area contributed by atoms with Gasteiger partial charge >= 0.3 is 0 Å². The number of phenols is 2. The third-order valence-corrected chi connectivity index (χ3v) is 7.67. The molecular weight excluding hydrogens is 470 g/mol. The molecule has 2 aliphatic rings. The molecule has 3 aromatic carbocycles. The third-order valence-electron chi connectivity index (χ3n) is 6.32. The van der Waals surface area contributed by atoms with Crippen LogP contribution in [0, 0.1) is 5.92 Å². The van der Waals surface area contributed by atoms with E-state index in [4.69, 9.17) is 9.47 Å². The van der Waals surface area contributed by atoms with Gasteiger partial charge in [0.1, 0.15) is 35.7 Å². The number of phenolic OH excluding ortho intramolecular Hbond substituents is 2. The van der Waals surface area contributed by atoms with Gasteiger partial charge in [-0.3, -0.25) is 4.90 Å². The number of ether oxygens (including phenoxy) is 2. The second kappa shape index (κ2) is 10.8. The maximum atomic E-state index is 9.93. The summed E-state index contributed by atoms with van der Waals surface area (Å²) in [4.78, 5) is 3.37. The number of hydrogen-bond donors (Lipinski definition) is 2. The van der Waals surface area contributed by atoms with Crippen molar-refractivity contribution < 1.29 is 19.7 Å². The zero-order valence-electron chi connectivity index (χ0n) is 19.1. The summed E-state index contributed by atoms with van der Waals surface area (Å²) in [5.74, 6) is 2.87. The van der Waals surface area contributed by atoms with Crippen molar-refractivity contribution in [1.82, 2.24) is 4.90 Å². The minimum atomic E-state index is -0.211. The lowest BCUT2D eigenvalue weighted by molar-refractivity contribution is 0.190. The molecule has 3 atom stereocenters. The summed E-state index contributed by atoms with van der Waals surface area (Å²) >= 11 is 1.66. The van der Waals surface area contributed by atoms with Gasteiger partial charge in [-0.05, 0) is 72.5 Å². The second-order valence-corrected chi connectivity index (χ2v) is 10.1. The summed E-state index contributed by atoms with van der Waals surface area (Å²) in [6.07, 6.45) is 1.07. The summed E-state index contributed by atoms with van der Waals surface area (Å²) in [5.41, 5.74) is 2.11. The summed E-state index contributed by atoms with van der Waals surface area (Å²) in [7, 11) is 0. The maximum Gasteiger partial charge on any atom is 0.140 e. The van der Waals surface area contributed by atoms with Crippen LogP contribution >= 0.6 is 24.2 Å². The standard InChI is InChI=1S/C27H29NO4S.ClH/c1-18-12-13-28(17-18)14-15-31-23-9-4-19(5-10-23)26-27(20-2-6-21(29)7-3-20)33-25-16-22(30)8-11-24(25)32-26;/h2-11,16,18,26-27,29-30H,12-15,17H2,1H3;1H/t18-,26+,27-;/m1./s1. The molecule has 0 radical (unpaired) electrons. The number of thioether (sulfide) groups is 1. The molecule has 0 spiro atoms. The lowest BCUT2D eigenvalue weighted by atomic mass is 10.00. The Morgan fingerprint density at radius 2 is 1.68 bits per heavy atom. The van der Waals surface area contributed by atoms with Crippen LogP contribution in [0.15, 0.2) is 71.6 Å². The number of nitrogens with zero attached hydrogens (tertiary/aromatic N) is 1. The van der Waals surface area contributed by atoms with Crippen LogP contribution in [0.3, 0.4) is 0 Å². The van der Waals surface area contributed by atoms with E-state index in [0.717, 1.165) is 53.1 Å². The van der Waals surface area contributed by atoms with Crippen LogP contribution in [0.2, 0.25) is 0 Å². The molecule has 0 saturated carbocycles. The van der Waals surface area contributed by atoms with Gasteiger partial charge in [0.25, 0.3) is 0 Å². The van der Waals surface area contributed by atoms with Crippen molar-refractivity contribution >= 4 is 24.2 Å². The Labute approximate surface area is 211 Å². The number of fused-ring (bicyclic) bond motifs is 1. The van der Waals surface area contributed by atoms with Crippen LogP contribution in [0.1, 0.15) is 35.8 Å². The van der Waals surface area contributed by atoms with Crippen molar-refractivity contribution in [2.24, 2.45) is 5.92 Å². The Kier molecular flexibility index (Phi) is 7.81. The predicted octanol–water partition coefficient (Wildman–Crippen LogP) is 6.21.